The summed E-state index contributed by atoms with van der Waals surface area (Å²) in [6.07, 6.45) is 0.140. The average molecular weight is 372 g/mol. The zero-order valence-electron chi connectivity index (χ0n) is 14.2. The lowest BCUT2D eigenvalue weighted by Crippen LogP contribution is -2.28. The predicted octanol–water partition coefficient (Wildman–Crippen LogP) is 3.29. The molecule has 0 aliphatic carbocycles. The Morgan fingerprint density at radius 3 is 2.27 bits per heavy atom. The van der Waals surface area contributed by atoms with Gasteiger partial charge in [0, 0.05) is 31.3 Å². The maximum absolute atomic E-state index is 12.5. The van der Waals surface area contributed by atoms with Gasteiger partial charge in [-0.3, -0.25) is 14.4 Å². The zero-order chi connectivity index (χ0) is 18.7. The summed E-state index contributed by atoms with van der Waals surface area (Å²) >= 11 is 6.15. The van der Waals surface area contributed by atoms with Crippen molar-refractivity contribution in [1.82, 2.24) is 0 Å². The number of hydrogen-bond acceptors (Lipinski definition) is 3. The fourth-order valence-corrected chi connectivity index (χ4v) is 3.11. The van der Waals surface area contributed by atoms with Crippen LogP contribution < -0.4 is 15.5 Å². The van der Waals surface area contributed by atoms with Gasteiger partial charge >= 0.3 is 0 Å². The Morgan fingerprint density at radius 2 is 1.65 bits per heavy atom. The predicted molar refractivity (Wildman–Crippen MR) is 101 cm³/mol. The van der Waals surface area contributed by atoms with Gasteiger partial charge in [-0.2, -0.15) is 0 Å². The molecule has 0 aromatic heterocycles. The second kappa shape index (κ2) is 7.58. The molecule has 2 aromatic carbocycles. The van der Waals surface area contributed by atoms with Crippen LogP contribution in [-0.2, 0) is 14.4 Å². The van der Waals surface area contributed by atoms with E-state index < -0.39 is 5.92 Å². The first kappa shape index (κ1) is 17.9. The van der Waals surface area contributed by atoms with Gasteiger partial charge in [0.1, 0.15) is 0 Å². The number of halogens is 1. The minimum atomic E-state index is -0.450. The number of nitrogens with one attached hydrogen (secondary N) is 2. The third kappa shape index (κ3) is 4.03. The van der Waals surface area contributed by atoms with Crippen LogP contribution in [0.2, 0.25) is 5.02 Å². The van der Waals surface area contributed by atoms with Crippen LogP contribution in [0.15, 0.2) is 48.5 Å². The number of hydrogen-bond donors (Lipinski definition) is 2. The minimum Gasteiger partial charge on any atom is -0.326 e. The van der Waals surface area contributed by atoms with Gasteiger partial charge in [-0.05, 0) is 36.4 Å². The molecular weight excluding hydrogens is 354 g/mol. The molecular formula is C19H18ClN3O3. The number of amides is 3. The zero-order valence-corrected chi connectivity index (χ0v) is 14.9. The molecule has 6 nitrogen and oxygen atoms in total. The van der Waals surface area contributed by atoms with E-state index in [1.54, 1.807) is 53.4 Å². The van der Waals surface area contributed by atoms with Crippen molar-refractivity contribution in [3.63, 3.8) is 0 Å². The normalized spacial score (nSPS) is 16.5. The summed E-state index contributed by atoms with van der Waals surface area (Å²) in [5, 5.41) is 5.95. The van der Waals surface area contributed by atoms with Crippen LogP contribution in [0.4, 0.5) is 17.1 Å². The first-order valence-corrected chi connectivity index (χ1v) is 8.55. The van der Waals surface area contributed by atoms with E-state index in [4.69, 9.17) is 11.6 Å². The third-order valence-electron chi connectivity index (χ3n) is 4.11. The molecule has 1 atom stereocenters. The molecule has 26 heavy (non-hydrogen) atoms. The standard InChI is InChI=1S/C19H18ClN3O3/c1-12(24)21-14-6-8-15(9-7-14)22-19(26)13-10-18(25)23(11-13)17-5-3-2-4-16(17)20/h2-9,13H,10-11H2,1H3,(H,21,24)(H,22,26)/t13-/m1/s1. The van der Waals surface area contributed by atoms with Crippen molar-refractivity contribution in [2.45, 2.75) is 13.3 Å². The maximum Gasteiger partial charge on any atom is 0.229 e. The van der Waals surface area contributed by atoms with Crippen molar-refractivity contribution < 1.29 is 14.4 Å². The van der Waals surface area contributed by atoms with E-state index in [1.807, 2.05) is 0 Å². The number of anilines is 3. The highest BCUT2D eigenvalue weighted by atomic mass is 35.5. The smallest absolute Gasteiger partial charge is 0.229 e. The molecule has 2 N–H and O–H groups in total. The fraction of sp³-hybridized carbons (Fsp3) is 0.211. The van der Waals surface area contributed by atoms with E-state index in [0.29, 0.717) is 28.6 Å². The largest absolute Gasteiger partial charge is 0.326 e. The Hall–Kier alpha value is -2.86. The van der Waals surface area contributed by atoms with Crippen molar-refractivity contribution in [2.75, 3.05) is 22.1 Å². The highest BCUT2D eigenvalue weighted by molar-refractivity contribution is 6.33. The second-order valence-corrected chi connectivity index (χ2v) is 6.51. The molecule has 3 amide bonds. The molecule has 1 heterocycles. The summed E-state index contributed by atoms with van der Waals surface area (Å²) in [5.41, 5.74) is 1.87. The molecule has 1 saturated heterocycles. The number of rotatable bonds is 4. The second-order valence-electron chi connectivity index (χ2n) is 6.10. The van der Waals surface area contributed by atoms with Gasteiger partial charge in [0.25, 0.3) is 0 Å². The number of carbonyl (C=O) groups excluding carboxylic acids is 3. The molecule has 1 aliphatic heterocycles. The lowest BCUT2D eigenvalue weighted by atomic mass is 10.1. The van der Waals surface area contributed by atoms with Gasteiger partial charge < -0.3 is 15.5 Å². The van der Waals surface area contributed by atoms with Gasteiger partial charge in [-0.15, -0.1) is 0 Å². The fourth-order valence-electron chi connectivity index (χ4n) is 2.87. The van der Waals surface area contributed by atoms with Crippen molar-refractivity contribution in [3.05, 3.63) is 53.6 Å². The van der Waals surface area contributed by atoms with Crippen molar-refractivity contribution >= 4 is 46.4 Å². The quantitative estimate of drug-likeness (QED) is 0.865. The summed E-state index contributed by atoms with van der Waals surface area (Å²) in [4.78, 5) is 37.4. The van der Waals surface area contributed by atoms with Crippen molar-refractivity contribution in [3.8, 4) is 0 Å². The SMILES string of the molecule is CC(=O)Nc1ccc(NC(=O)[C@@H]2CC(=O)N(c3ccccc3Cl)C2)cc1. The topological polar surface area (TPSA) is 78.5 Å². The number of nitrogens with zero attached hydrogens (tertiary/aromatic N) is 1. The molecule has 134 valence electrons. The van der Waals surface area contributed by atoms with Gasteiger partial charge in [0.2, 0.25) is 17.7 Å². The third-order valence-corrected chi connectivity index (χ3v) is 4.43. The van der Waals surface area contributed by atoms with Crippen LogP contribution in [0.5, 0.6) is 0 Å². The molecule has 0 saturated carbocycles. The number of benzene rings is 2. The monoisotopic (exact) mass is 371 g/mol. The van der Waals surface area contributed by atoms with Crippen LogP contribution in [0.3, 0.4) is 0 Å². The van der Waals surface area contributed by atoms with Crippen LogP contribution in [0.25, 0.3) is 0 Å². The van der Waals surface area contributed by atoms with E-state index in [-0.39, 0.29) is 24.1 Å². The summed E-state index contributed by atoms with van der Waals surface area (Å²) < 4.78 is 0. The molecule has 0 bridgehead atoms. The van der Waals surface area contributed by atoms with Crippen LogP contribution in [0, 0.1) is 5.92 Å². The highest BCUT2D eigenvalue weighted by Gasteiger charge is 2.35. The van der Waals surface area contributed by atoms with E-state index >= 15 is 0 Å². The van der Waals surface area contributed by atoms with Gasteiger partial charge in [-0.1, -0.05) is 23.7 Å². The Balaban J connectivity index is 1.65. The van der Waals surface area contributed by atoms with Crippen LogP contribution in [-0.4, -0.2) is 24.3 Å². The highest BCUT2D eigenvalue weighted by Crippen LogP contribution is 2.31. The first-order chi connectivity index (χ1) is 12.4. The van der Waals surface area contributed by atoms with E-state index in [1.165, 1.54) is 6.92 Å². The molecule has 0 spiro atoms. The molecule has 7 heteroatoms. The van der Waals surface area contributed by atoms with E-state index in [2.05, 4.69) is 10.6 Å². The van der Waals surface area contributed by atoms with Gasteiger partial charge in [-0.25, -0.2) is 0 Å². The molecule has 0 radical (unpaired) electrons. The lowest BCUT2D eigenvalue weighted by Gasteiger charge is -2.18. The maximum atomic E-state index is 12.5. The number of para-hydroxylation sites is 1. The van der Waals surface area contributed by atoms with Crippen LogP contribution in [0.1, 0.15) is 13.3 Å². The molecule has 2 aromatic rings. The number of carbonyl (C=O) groups is 3. The average Bonchev–Trinajstić information content (AvgIpc) is 2.98. The minimum absolute atomic E-state index is 0.126. The molecule has 1 aliphatic rings. The summed E-state index contributed by atoms with van der Waals surface area (Å²) in [6.45, 7) is 1.72. The lowest BCUT2D eigenvalue weighted by molar-refractivity contribution is -0.122. The van der Waals surface area contributed by atoms with Crippen molar-refractivity contribution in [1.29, 1.82) is 0 Å². The first-order valence-electron chi connectivity index (χ1n) is 8.17. The Kier molecular flexibility index (Phi) is 5.23. The van der Waals surface area contributed by atoms with E-state index in [0.717, 1.165) is 0 Å². The van der Waals surface area contributed by atoms with E-state index in [9.17, 15) is 14.4 Å². The molecule has 3 rings (SSSR count). The van der Waals surface area contributed by atoms with Gasteiger partial charge in [0.15, 0.2) is 0 Å². The summed E-state index contributed by atoms with van der Waals surface area (Å²) in [5.74, 6) is -0.959. The van der Waals surface area contributed by atoms with Gasteiger partial charge in [0.05, 0.1) is 16.6 Å². The summed E-state index contributed by atoms with van der Waals surface area (Å²) in [6, 6.07) is 13.9. The summed E-state index contributed by atoms with van der Waals surface area (Å²) in [7, 11) is 0. The molecule has 1 fully saturated rings. The van der Waals surface area contributed by atoms with Crippen LogP contribution >= 0.6 is 11.6 Å². The Bertz CT molecular complexity index is 851. The Labute approximate surface area is 156 Å². The van der Waals surface area contributed by atoms with Crippen molar-refractivity contribution in [2.24, 2.45) is 5.92 Å². The Morgan fingerprint density at radius 1 is 1.04 bits per heavy atom. The molecule has 0 unspecified atom stereocenters.